The lowest BCUT2D eigenvalue weighted by atomic mass is 10.1. The molecule has 2 N–H and O–H groups in total. The number of rotatable bonds is 8. The van der Waals surface area contributed by atoms with Crippen molar-refractivity contribution in [2.24, 2.45) is 4.99 Å². The quantitative estimate of drug-likeness (QED) is 0.394. The number of halogens is 3. The predicted octanol–water partition coefficient (Wildman–Crippen LogP) is 3.90. The van der Waals surface area contributed by atoms with Gasteiger partial charge in [0.05, 0.1) is 12.2 Å². The Kier molecular flexibility index (Phi) is 8.33. The summed E-state index contributed by atoms with van der Waals surface area (Å²) in [6, 6.07) is 11.1. The van der Waals surface area contributed by atoms with Crippen LogP contribution in [0.25, 0.3) is 0 Å². The van der Waals surface area contributed by atoms with Gasteiger partial charge in [0.15, 0.2) is 5.96 Å². The van der Waals surface area contributed by atoms with Crippen molar-refractivity contribution < 1.29 is 22.6 Å². The molecule has 0 aliphatic rings. The average molecular weight is 409 g/mol. The molecule has 2 aromatic carbocycles. The van der Waals surface area contributed by atoms with Gasteiger partial charge in [0.1, 0.15) is 12.4 Å². The summed E-state index contributed by atoms with van der Waals surface area (Å²) in [7, 11) is 3.22. The molecule has 0 aliphatic carbocycles. The number of nitrogens with zero attached hydrogens (tertiary/aromatic N) is 1. The molecule has 0 aliphatic heterocycles. The zero-order chi connectivity index (χ0) is 21.3. The van der Waals surface area contributed by atoms with E-state index >= 15 is 0 Å². The third-order valence-corrected chi connectivity index (χ3v) is 4.15. The van der Waals surface area contributed by atoms with Crippen molar-refractivity contribution in [1.82, 2.24) is 10.6 Å². The number of methoxy groups -OCH3 is 1. The van der Waals surface area contributed by atoms with Gasteiger partial charge in [-0.1, -0.05) is 24.3 Å². The number of benzene rings is 2. The van der Waals surface area contributed by atoms with E-state index in [1.807, 2.05) is 25.1 Å². The molecule has 0 spiro atoms. The number of alkyl halides is 3. The second-order valence-electron chi connectivity index (χ2n) is 6.43. The van der Waals surface area contributed by atoms with Gasteiger partial charge < -0.3 is 20.1 Å². The molecular weight excluding hydrogens is 383 g/mol. The van der Waals surface area contributed by atoms with Crippen LogP contribution in [0.2, 0.25) is 0 Å². The van der Waals surface area contributed by atoms with E-state index in [-0.39, 0.29) is 6.54 Å². The molecule has 0 aromatic heterocycles. The molecule has 0 fully saturated rings. The van der Waals surface area contributed by atoms with Gasteiger partial charge in [-0.3, -0.25) is 4.99 Å². The number of hydrogen-bond donors (Lipinski definition) is 2. The fourth-order valence-corrected chi connectivity index (χ4v) is 2.62. The summed E-state index contributed by atoms with van der Waals surface area (Å²) in [6.45, 7) is 3.58. The van der Waals surface area contributed by atoms with Crippen LogP contribution in [0.3, 0.4) is 0 Å². The Labute approximate surface area is 168 Å². The third kappa shape index (κ3) is 7.30. The van der Waals surface area contributed by atoms with Crippen LogP contribution in [-0.2, 0) is 24.0 Å². The van der Waals surface area contributed by atoms with Gasteiger partial charge in [-0.25, -0.2) is 0 Å². The Morgan fingerprint density at radius 2 is 1.79 bits per heavy atom. The molecule has 2 rings (SSSR count). The van der Waals surface area contributed by atoms with Crippen molar-refractivity contribution >= 4 is 5.96 Å². The van der Waals surface area contributed by atoms with Crippen LogP contribution in [-0.4, -0.2) is 33.3 Å². The zero-order valence-corrected chi connectivity index (χ0v) is 16.8. The van der Waals surface area contributed by atoms with Gasteiger partial charge in [0.25, 0.3) is 0 Å². The molecule has 2 aromatic rings. The van der Waals surface area contributed by atoms with E-state index in [2.05, 4.69) is 15.6 Å². The van der Waals surface area contributed by atoms with E-state index in [0.717, 1.165) is 29.0 Å². The van der Waals surface area contributed by atoms with Crippen molar-refractivity contribution in [2.45, 2.75) is 26.2 Å². The first kappa shape index (κ1) is 22.5. The van der Waals surface area contributed by atoms with Crippen molar-refractivity contribution in [3.63, 3.8) is 0 Å². The minimum Gasteiger partial charge on any atom is -0.491 e. The van der Waals surface area contributed by atoms with Gasteiger partial charge in [0.2, 0.25) is 0 Å². The summed E-state index contributed by atoms with van der Waals surface area (Å²) in [5.74, 6) is 1.23. The molecule has 0 radical (unpaired) electrons. The second-order valence-corrected chi connectivity index (χ2v) is 6.43. The Hall–Kier alpha value is -2.74. The lowest BCUT2D eigenvalue weighted by Crippen LogP contribution is -2.36. The molecule has 29 heavy (non-hydrogen) atoms. The molecule has 0 atom stereocenters. The first-order chi connectivity index (χ1) is 13.8. The Morgan fingerprint density at radius 1 is 1.03 bits per heavy atom. The van der Waals surface area contributed by atoms with Crippen LogP contribution in [0.5, 0.6) is 5.75 Å². The molecule has 0 bridgehead atoms. The van der Waals surface area contributed by atoms with E-state index in [0.29, 0.717) is 31.3 Å². The number of aliphatic imine (C=N–C) groups is 1. The summed E-state index contributed by atoms with van der Waals surface area (Å²) in [5, 5.41) is 6.18. The van der Waals surface area contributed by atoms with Gasteiger partial charge in [-0.05, 0) is 36.2 Å². The van der Waals surface area contributed by atoms with Crippen molar-refractivity contribution in [3.8, 4) is 5.75 Å². The van der Waals surface area contributed by atoms with E-state index in [4.69, 9.17) is 9.47 Å². The number of aryl methyl sites for hydroxylation is 1. The molecule has 5 nitrogen and oxygen atoms in total. The van der Waals surface area contributed by atoms with Crippen LogP contribution in [0.1, 0.15) is 22.3 Å². The minimum atomic E-state index is -4.36. The lowest BCUT2D eigenvalue weighted by molar-refractivity contribution is -0.137. The van der Waals surface area contributed by atoms with Gasteiger partial charge in [-0.15, -0.1) is 0 Å². The summed E-state index contributed by atoms with van der Waals surface area (Å²) in [5.41, 5.74) is 1.86. The van der Waals surface area contributed by atoms with Crippen LogP contribution < -0.4 is 15.4 Å². The van der Waals surface area contributed by atoms with E-state index < -0.39 is 11.7 Å². The smallest absolute Gasteiger partial charge is 0.416 e. The molecule has 0 saturated carbocycles. The number of hydrogen-bond acceptors (Lipinski definition) is 3. The van der Waals surface area contributed by atoms with Crippen LogP contribution >= 0.6 is 0 Å². The highest BCUT2D eigenvalue weighted by Gasteiger charge is 2.30. The van der Waals surface area contributed by atoms with Gasteiger partial charge in [0, 0.05) is 32.8 Å². The predicted molar refractivity (Wildman–Crippen MR) is 107 cm³/mol. The Balaban J connectivity index is 1.96. The molecular formula is C21H26F3N3O2. The number of guanidine groups is 1. The topological polar surface area (TPSA) is 54.9 Å². The van der Waals surface area contributed by atoms with Gasteiger partial charge in [-0.2, -0.15) is 13.2 Å². The standard InChI is InChI=1S/C21H26F3N3O2/c1-15-7-8-17(19(11-15)29-10-9-28-3)14-27-20(25-2)26-13-16-5-4-6-18(12-16)21(22,23)24/h4-8,11-12H,9-10,13-14H2,1-3H3,(H2,25,26,27). The van der Waals surface area contributed by atoms with E-state index in [1.165, 1.54) is 6.07 Å². The van der Waals surface area contributed by atoms with E-state index in [1.54, 1.807) is 20.2 Å². The highest BCUT2D eigenvalue weighted by Crippen LogP contribution is 2.29. The Bertz CT molecular complexity index is 823. The minimum absolute atomic E-state index is 0.217. The first-order valence-electron chi connectivity index (χ1n) is 9.15. The monoisotopic (exact) mass is 409 g/mol. The fourth-order valence-electron chi connectivity index (χ4n) is 2.62. The summed E-state index contributed by atoms with van der Waals surface area (Å²) in [6.07, 6.45) is -4.36. The summed E-state index contributed by atoms with van der Waals surface area (Å²) < 4.78 is 49.3. The first-order valence-corrected chi connectivity index (χ1v) is 9.15. The highest BCUT2D eigenvalue weighted by atomic mass is 19.4. The molecule has 0 unspecified atom stereocenters. The fraction of sp³-hybridized carbons (Fsp3) is 0.381. The van der Waals surface area contributed by atoms with Crippen molar-refractivity contribution in [2.75, 3.05) is 27.4 Å². The molecule has 0 amide bonds. The van der Waals surface area contributed by atoms with Crippen LogP contribution in [0.4, 0.5) is 13.2 Å². The highest BCUT2D eigenvalue weighted by molar-refractivity contribution is 5.79. The average Bonchev–Trinajstić information content (AvgIpc) is 2.69. The lowest BCUT2D eigenvalue weighted by Gasteiger charge is -2.16. The summed E-state index contributed by atoms with van der Waals surface area (Å²) >= 11 is 0. The van der Waals surface area contributed by atoms with Crippen molar-refractivity contribution in [1.29, 1.82) is 0 Å². The summed E-state index contributed by atoms with van der Waals surface area (Å²) in [4.78, 5) is 4.12. The maximum absolute atomic E-state index is 12.8. The van der Waals surface area contributed by atoms with E-state index in [9.17, 15) is 13.2 Å². The number of nitrogens with one attached hydrogen (secondary N) is 2. The largest absolute Gasteiger partial charge is 0.491 e. The normalized spacial score (nSPS) is 12.0. The van der Waals surface area contributed by atoms with Crippen LogP contribution in [0.15, 0.2) is 47.5 Å². The molecule has 158 valence electrons. The third-order valence-electron chi connectivity index (χ3n) is 4.15. The molecule has 8 heteroatoms. The zero-order valence-electron chi connectivity index (χ0n) is 16.8. The van der Waals surface area contributed by atoms with Gasteiger partial charge >= 0.3 is 6.18 Å². The second kappa shape index (κ2) is 10.7. The SMILES string of the molecule is CN=C(NCc1cccc(C(F)(F)F)c1)NCc1ccc(C)cc1OCCOC. The maximum Gasteiger partial charge on any atom is 0.416 e. The maximum atomic E-state index is 12.8. The Morgan fingerprint density at radius 3 is 2.48 bits per heavy atom. The van der Waals surface area contributed by atoms with Crippen molar-refractivity contribution in [3.05, 3.63) is 64.7 Å². The molecule has 0 heterocycles. The number of ether oxygens (including phenoxy) is 2. The molecule has 0 saturated heterocycles. The van der Waals surface area contributed by atoms with Crippen LogP contribution in [0, 0.1) is 6.92 Å².